The lowest BCUT2D eigenvalue weighted by Crippen LogP contribution is -2.43. The molecular weight excluding hydrogens is 390 g/mol. The number of hydrogen-bond acceptors (Lipinski definition) is 6. The van der Waals surface area contributed by atoms with E-state index in [1.807, 2.05) is 42.5 Å². The van der Waals surface area contributed by atoms with Crippen molar-refractivity contribution in [1.82, 2.24) is 19.7 Å². The molecule has 0 radical (unpaired) electrons. The Balaban J connectivity index is 1.42. The molecule has 0 aliphatic carbocycles. The first kappa shape index (κ1) is 19.2. The van der Waals surface area contributed by atoms with Crippen LogP contribution >= 0.6 is 0 Å². The molecule has 5 rings (SSSR count). The summed E-state index contributed by atoms with van der Waals surface area (Å²) in [7, 11) is 0. The Morgan fingerprint density at radius 2 is 2.00 bits per heavy atom. The second kappa shape index (κ2) is 8.16. The Hall–Kier alpha value is -3.78. The van der Waals surface area contributed by atoms with Gasteiger partial charge in [-0.1, -0.05) is 24.3 Å². The Labute approximate surface area is 179 Å². The molecule has 0 spiro atoms. The van der Waals surface area contributed by atoms with Gasteiger partial charge in [-0.3, -0.25) is 9.78 Å². The van der Waals surface area contributed by atoms with Crippen molar-refractivity contribution in [2.75, 3.05) is 23.3 Å². The van der Waals surface area contributed by atoms with Crippen molar-refractivity contribution in [3.05, 3.63) is 72.8 Å². The lowest BCUT2D eigenvalue weighted by molar-refractivity contribution is 0.102. The van der Waals surface area contributed by atoms with Crippen LogP contribution in [0, 0.1) is 0 Å². The number of aromatic nitrogens is 4. The standard InChI is InChI=1S/C23H23N7O/c24-17-6-4-12-29(15-17)21-10-11-25-14-19(21)28-23(31)18-7-3-9-22(27-18)30-20-8-2-1-5-16(20)13-26-30/h1-3,5,7-11,13-14,17H,4,6,12,15,24H2,(H,28,31)/t17-/m1/s1. The zero-order valence-electron chi connectivity index (χ0n) is 17.0. The van der Waals surface area contributed by atoms with E-state index in [0.717, 1.165) is 42.5 Å². The number of benzene rings is 1. The number of piperidine rings is 1. The highest BCUT2D eigenvalue weighted by Crippen LogP contribution is 2.27. The van der Waals surface area contributed by atoms with Crippen LogP contribution in [0.25, 0.3) is 16.7 Å². The summed E-state index contributed by atoms with van der Waals surface area (Å²) in [4.78, 5) is 24.0. The lowest BCUT2D eigenvalue weighted by Gasteiger charge is -2.33. The zero-order valence-corrected chi connectivity index (χ0v) is 17.0. The average molecular weight is 413 g/mol. The van der Waals surface area contributed by atoms with E-state index in [1.54, 1.807) is 29.3 Å². The van der Waals surface area contributed by atoms with Crippen LogP contribution in [0.3, 0.4) is 0 Å². The second-order valence-corrected chi connectivity index (χ2v) is 7.69. The summed E-state index contributed by atoms with van der Waals surface area (Å²) in [6.45, 7) is 1.66. The Kier molecular flexibility index (Phi) is 5.05. The second-order valence-electron chi connectivity index (χ2n) is 7.69. The van der Waals surface area contributed by atoms with Gasteiger partial charge in [-0.25, -0.2) is 9.67 Å². The third-order valence-corrected chi connectivity index (χ3v) is 5.51. The van der Waals surface area contributed by atoms with Crippen molar-refractivity contribution in [3.63, 3.8) is 0 Å². The molecule has 156 valence electrons. The maximum Gasteiger partial charge on any atom is 0.274 e. The smallest absolute Gasteiger partial charge is 0.274 e. The van der Waals surface area contributed by atoms with E-state index in [-0.39, 0.29) is 11.9 Å². The van der Waals surface area contributed by atoms with Crippen LogP contribution in [0.1, 0.15) is 23.3 Å². The van der Waals surface area contributed by atoms with E-state index in [2.05, 4.69) is 25.3 Å². The van der Waals surface area contributed by atoms with Crippen molar-refractivity contribution >= 4 is 28.2 Å². The van der Waals surface area contributed by atoms with Crippen molar-refractivity contribution in [3.8, 4) is 5.82 Å². The summed E-state index contributed by atoms with van der Waals surface area (Å²) in [5.41, 5.74) is 8.96. The molecule has 1 aromatic carbocycles. The van der Waals surface area contributed by atoms with E-state index in [4.69, 9.17) is 5.73 Å². The number of rotatable bonds is 4. The summed E-state index contributed by atoms with van der Waals surface area (Å²) in [5.74, 6) is 0.288. The molecule has 0 saturated carbocycles. The molecule has 1 fully saturated rings. The van der Waals surface area contributed by atoms with Crippen LogP contribution in [-0.4, -0.2) is 44.8 Å². The van der Waals surface area contributed by atoms with Crippen LogP contribution in [0.2, 0.25) is 0 Å². The fourth-order valence-corrected chi connectivity index (χ4v) is 4.00. The summed E-state index contributed by atoms with van der Waals surface area (Å²) < 4.78 is 1.73. The van der Waals surface area contributed by atoms with Gasteiger partial charge in [0.05, 0.1) is 29.3 Å². The largest absolute Gasteiger partial charge is 0.368 e. The van der Waals surface area contributed by atoms with Crippen LogP contribution in [0.15, 0.2) is 67.1 Å². The minimum Gasteiger partial charge on any atom is -0.368 e. The Morgan fingerprint density at radius 1 is 1.10 bits per heavy atom. The van der Waals surface area contributed by atoms with E-state index in [0.29, 0.717) is 17.2 Å². The molecule has 1 atom stereocenters. The fourth-order valence-electron chi connectivity index (χ4n) is 4.00. The number of nitrogens with zero attached hydrogens (tertiary/aromatic N) is 5. The van der Waals surface area contributed by atoms with Crippen molar-refractivity contribution < 1.29 is 4.79 Å². The normalized spacial score (nSPS) is 16.4. The number of nitrogens with two attached hydrogens (primary N) is 1. The van der Waals surface area contributed by atoms with Gasteiger partial charge in [0.15, 0.2) is 5.82 Å². The van der Waals surface area contributed by atoms with Crippen LogP contribution in [-0.2, 0) is 0 Å². The SMILES string of the molecule is N[C@@H]1CCCN(c2ccncc2NC(=O)c2cccc(-n3ncc4ccccc43)n2)C1. The molecule has 1 saturated heterocycles. The summed E-state index contributed by atoms with van der Waals surface area (Å²) in [6, 6.07) is 15.3. The van der Waals surface area contributed by atoms with Gasteiger partial charge in [0.1, 0.15) is 5.69 Å². The first-order valence-corrected chi connectivity index (χ1v) is 10.3. The molecule has 3 aromatic heterocycles. The van der Waals surface area contributed by atoms with Crippen LogP contribution in [0.4, 0.5) is 11.4 Å². The number of carbonyl (C=O) groups excluding carboxylic acids is 1. The van der Waals surface area contributed by atoms with Crippen molar-refractivity contribution in [2.24, 2.45) is 5.73 Å². The van der Waals surface area contributed by atoms with Gasteiger partial charge in [0, 0.05) is 30.7 Å². The number of fused-ring (bicyclic) bond motifs is 1. The van der Waals surface area contributed by atoms with E-state index < -0.39 is 0 Å². The molecule has 3 N–H and O–H groups in total. The monoisotopic (exact) mass is 413 g/mol. The van der Waals surface area contributed by atoms with Crippen LogP contribution in [0.5, 0.6) is 0 Å². The number of pyridine rings is 2. The highest BCUT2D eigenvalue weighted by Gasteiger charge is 2.21. The number of hydrogen-bond donors (Lipinski definition) is 2. The predicted molar refractivity (Wildman–Crippen MR) is 120 cm³/mol. The number of para-hydroxylation sites is 1. The summed E-state index contributed by atoms with van der Waals surface area (Å²) in [6.07, 6.45) is 7.22. The highest BCUT2D eigenvalue weighted by atomic mass is 16.1. The Bertz CT molecular complexity index is 1240. The maximum absolute atomic E-state index is 13.0. The predicted octanol–water partition coefficient (Wildman–Crippen LogP) is 3.00. The summed E-state index contributed by atoms with van der Waals surface area (Å²) >= 11 is 0. The maximum atomic E-state index is 13.0. The topological polar surface area (TPSA) is 102 Å². The van der Waals surface area contributed by atoms with Crippen molar-refractivity contribution in [2.45, 2.75) is 18.9 Å². The highest BCUT2D eigenvalue weighted by molar-refractivity contribution is 6.04. The quantitative estimate of drug-likeness (QED) is 0.533. The number of nitrogens with one attached hydrogen (secondary N) is 1. The van der Waals surface area contributed by atoms with Crippen molar-refractivity contribution in [1.29, 1.82) is 0 Å². The summed E-state index contributed by atoms with van der Waals surface area (Å²) in [5, 5.41) is 8.41. The number of carbonyl (C=O) groups is 1. The van der Waals surface area contributed by atoms with Crippen LogP contribution < -0.4 is 16.0 Å². The molecule has 4 aromatic rings. The number of amides is 1. The molecule has 0 bridgehead atoms. The molecule has 1 aliphatic heterocycles. The molecule has 0 unspecified atom stereocenters. The van der Waals surface area contributed by atoms with Gasteiger partial charge in [-0.05, 0) is 37.1 Å². The molecule has 8 nitrogen and oxygen atoms in total. The van der Waals surface area contributed by atoms with Gasteiger partial charge in [0.2, 0.25) is 0 Å². The van der Waals surface area contributed by atoms with Gasteiger partial charge in [-0.15, -0.1) is 0 Å². The molecule has 4 heterocycles. The molecule has 31 heavy (non-hydrogen) atoms. The minimum absolute atomic E-state index is 0.132. The van der Waals surface area contributed by atoms with Gasteiger partial charge in [0.25, 0.3) is 5.91 Å². The van der Waals surface area contributed by atoms with E-state index in [1.165, 1.54) is 0 Å². The van der Waals surface area contributed by atoms with Gasteiger partial charge < -0.3 is 16.0 Å². The molecule has 1 amide bonds. The molecular formula is C23H23N7O. The zero-order chi connectivity index (χ0) is 21.2. The number of anilines is 2. The lowest BCUT2D eigenvalue weighted by atomic mass is 10.1. The fraction of sp³-hybridized carbons (Fsp3) is 0.217. The minimum atomic E-state index is -0.297. The average Bonchev–Trinajstić information content (AvgIpc) is 3.24. The van der Waals surface area contributed by atoms with Gasteiger partial charge in [-0.2, -0.15) is 5.10 Å². The third kappa shape index (κ3) is 3.85. The first-order valence-electron chi connectivity index (χ1n) is 10.3. The molecule has 8 heteroatoms. The molecule has 1 aliphatic rings. The van der Waals surface area contributed by atoms with E-state index >= 15 is 0 Å². The Morgan fingerprint density at radius 3 is 2.90 bits per heavy atom. The van der Waals surface area contributed by atoms with E-state index in [9.17, 15) is 4.79 Å². The van der Waals surface area contributed by atoms with Gasteiger partial charge >= 0.3 is 0 Å². The first-order chi connectivity index (χ1) is 15.2. The third-order valence-electron chi connectivity index (χ3n) is 5.51.